The Morgan fingerprint density at radius 2 is 1.77 bits per heavy atom. The summed E-state index contributed by atoms with van der Waals surface area (Å²) >= 11 is 8.93. The van der Waals surface area contributed by atoms with Gasteiger partial charge >= 0.3 is 4.87 Å². The molecule has 0 radical (unpaired) electrons. The normalized spacial score (nSPS) is 27.0. The number of imide groups is 1. The highest BCUT2D eigenvalue weighted by Crippen LogP contribution is 2.68. The summed E-state index contributed by atoms with van der Waals surface area (Å²) in [5.41, 5.74) is 3.20. The smallest absolute Gasteiger partial charge is 0.305 e. The number of rotatable bonds is 7. The van der Waals surface area contributed by atoms with E-state index in [-0.39, 0.29) is 64.0 Å². The summed E-state index contributed by atoms with van der Waals surface area (Å²) in [6, 6.07) is 20.0. The summed E-state index contributed by atoms with van der Waals surface area (Å²) in [7, 11) is 1.55. The van der Waals surface area contributed by atoms with Gasteiger partial charge in [-0.25, -0.2) is 0 Å². The van der Waals surface area contributed by atoms with Crippen LogP contribution in [0.3, 0.4) is 0 Å². The first-order valence-electron chi connectivity index (χ1n) is 15.4. The summed E-state index contributed by atoms with van der Waals surface area (Å²) in [4.78, 5) is 58.3. The van der Waals surface area contributed by atoms with Crippen molar-refractivity contribution in [2.75, 3.05) is 23.9 Å². The predicted molar refractivity (Wildman–Crippen MR) is 181 cm³/mol. The number of halogens is 1. The average Bonchev–Trinajstić information content (AvgIpc) is 3.79. The van der Waals surface area contributed by atoms with Crippen LogP contribution in [0.2, 0.25) is 5.02 Å². The minimum absolute atomic E-state index is 0.00391. The number of hydrogen-bond donors (Lipinski definition) is 2. The molecule has 2 saturated carbocycles. The van der Waals surface area contributed by atoms with Crippen LogP contribution in [-0.2, 0) is 14.4 Å². The van der Waals surface area contributed by atoms with Crippen LogP contribution in [0.25, 0.3) is 0 Å². The molecule has 7 atom stereocenters. The number of amides is 3. The first kappa shape index (κ1) is 30.3. The van der Waals surface area contributed by atoms with E-state index in [1.54, 1.807) is 49.2 Å². The number of aryl methyl sites for hydroxylation is 1. The quantitative estimate of drug-likeness (QED) is 0.226. The van der Waals surface area contributed by atoms with Gasteiger partial charge < -0.3 is 19.8 Å². The topological polar surface area (TPSA) is 118 Å². The van der Waals surface area contributed by atoms with E-state index in [1.807, 2.05) is 43.3 Å². The van der Waals surface area contributed by atoms with Gasteiger partial charge in [0, 0.05) is 26.8 Å². The third-order valence-corrected chi connectivity index (χ3v) is 12.9. The fourth-order valence-electron chi connectivity index (χ4n) is 8.29. The van der Waals surface area contributed by atoms with E-state index in [2.05, 4.69) is 10.3 Å². The van der Waals surface area contributed by atoms with Crippen molar-refractivity contribution in [3.8, 4) is 11.5 Å². The number of anilines is 2. The number of nitrogens with zero attached hydrogens (tertiary/aromatic N) is 1. The van der Waals surface area contributed by atoms with Crippen molar-refractivity contribution >= 4 is 63.8 Å². The van der Waals surface area contributed by atoms with Crippen molar-refractivity contribution in [1.29, 1.82) is 0 Å². The number of H-pyrrole nitrogens is 1. The van der Waals surface area contributed by atoms with Gasteiger partial charge in [0.15, 0.2) is 18.1 Å². The van der Waals surface area contributed by atoms with Crippen molar-refractivity contribution in [3.63, 3.8) is 0 Å². The Bertz CT molecular complexity index is 1990. The molecule has 1 aromatic heterocycles. The Balaban J connectivity index is 1.09. The molecule has 4 unspecified atom stereocenters. The molecular weight excluding hydrogens is 658 g/mol. The van der Waals surface area contributed by atoms with Crippen LogP contribution < -0.4 is 24.6 Å². The summed E-state index contributed by atoms with van der Waals surface area (Å²) < 4.78 is 11.6. The number of carbonyl (C=O) groups is 3. The fourth-order valence-corrected chi connectivity index (χ4v) is 11.3. The van der Waals surface area contributed by atoms with Gasteiger partial charge in [0.2, 0.25) is 11.8 Å². The molecule has 240 valence electrons. The first-order chi connectivity index (χ1) is 22.7. The van der Waals surface area contributed by atoms with E-state index in [1.165, 1.54) is 16.2 Å². The van der Waals surface area contributed by atoms with Crippen molar-refractivity contribution in [3.05, 3.63) is 97.4 Å². The summed E-state index contributed by atoms with van der Waals surface area (Å²) in [6.45, 7) is 1.75. The van der Waals surface area contributed by atoms with Gasteiger partial charge in [0.1, 0.15) is 0 Å². The molecule has 2 aliphatic heterocycles. The second-order valence-corrected chi connectivity index (χ2v) is 15.2. The molecule has 8 rings (SSSR count). The molecule has 3 aromatic carbocycles. The van der Waals surface area contributed by atoms with E-state index in [4.69, 9.17) is 21.1 Å². The van der Waals surface area contributed by atoms with Crippen molar-refractivity contribution < 1.29 is 23.9 Å². The van der Waals surface area contributed by atoms with Gasteiger partial charge in [0.05, 0.1) is 29.7 Å². The zero-order chi connectivity index (χ0) is 32.6. The monoisotopic (exact) mass is 687 g/mol. The average molecular weight is 688 g/mol. The lowest BCUT2D eigenvalue weighted by Crippen LogP contribution is -2.42. The Hall–Kier alpha value is -4.06. The molecule has 4 aromatic rings. The van der Waals surface area contributed by atoms with Gasteiger partial charge in [-0.05, 0) is 90.8 Å². The zero-order valence-electron chi connectivity index (χ0n) is 25.4. The number of carbonyl (C=O) groups excluding carboxylic acids is 3. The Labute approximate surface area is 283 Å². The lowest BCUT2D eigenvalue weighted by Gasteiger charge is -2.43. The maximum absolute atomic E-state index is 14.0. The molecule has 47 heavy (non-hydrogen) atoms. The minimum atomic E-state index is -0.416. The Kier molecular flexibility index (Phi) is 7.46. The number of hydrogen-bond acceptors (Lipinski definition) is 8. The van der Waals surface area contributed by atoms with Gasteiger partial charge in [-0.3, -0.25) is 24.1 Å². The zero-order valence-corrected chi connectivity index (χ0v) is 27.8. The number of thiazole rings is 1. The van der Waals surface area contributed by atoms with E-state index in [0.29, 0.717) is 27.9 Å². The number of fused-ring (bicyclic) bond motifs is 9. The maximum atomic E-state index is 14.0. The largest absolute Gasteiger partial charge is 0.493 e. The molecule has 1 saturated heterocycles. The third-order valence-electron chi connectivity index (χ3n) is 10.0. The van der Waals surface area contributed by atoms with Crippen LogP contribution in [0, 0.1) is 36.5 Å². The number of nitrogens with one attached hydrogen (secondary N) is 2. The van der Waals surface area contributed by atoms with Crippen molar-refractivity contribution in [2.45, 2.75) is 29.5 Å². The molecule has 2 N–H and O–H groups in total. The SMILES string of the molecule is COc1cc([C@H]2c3sc(=O)[nH]c3SC3C2[C@H]2C[C@@H]3C3C(=O)N(c4ccc(Cl)cc4)C(=O)C32)ccc1OCC(=O)Nc1cccc(C)c1. The van der Waals surface area contributed by atoms with Crippen LogP contribution >= 0.6 is 34.7 Å². The van der Waals surface area contributed by atoms with Crippen molar-refractivity contribution in [2.24, 2.45) is 29.6 Å². The van der Waals surface area contributed by atoms with Crippen LogP contribution in [0.4, 0.5) is 11.4 Å². The summed E-state index contributed by atoms with van der Waals surface area (Å²) in [6.07, 6.45) is 0.785. The Morgan fingerprint density at radius 1 is 1.00 bits per heavy atom. The molecule has 3 fully saturated rings. The standard InChI is InChI=1S/C35H30ClN3O6S2/c1-16-4-3-5-19(12-16)37-25(40)15-45-23-11-6-17(13-24(23)44-2)26-27-21-14-22(30(27)46-32-31(26)47-35(43)38-32)29-28(21)33(41)39(34(29)42)20-9-7-18(36)8-10-20/h3-13,21-22,26-30H,14-15H2,1-2H3,(H,37,40)(H,38,43)/t21-,22-,26-,27?,28?,29?,30?/m1/s1. The lowest BCUT2D eigenvalue weighted by molar-refractivity contribution is -0.123. The number of methoxy groups -OCH3 is 1. The first-order valence-corrected chi connectivity index (χ1v) is 17.5. The van der Waals surface area contributed by atoms with E-state index in [0.717, 1.165) is 27.5 Å². The summed E-state index contributed by atoms with van der Waals surface area (Å²) in [5.74, 6) is -0.699. The van der Waals surface area contributed by atoms with Gasteiger partial charge in [0.25, 0.3) is 5.91 Å². The number of aromatic nitrogens is 1. The number of aromatic amines is 1. The Morgan fingerprint density at radius 3 is 2.51 bits per heavy atom. The van der Waals surface area contributed by atoms with Crippen LogP contribution in [0.5, 0.6) is 11.5 Å². The molecule has 2 bridgehead atoms. The molecule has 3 amide bonds. The number of thioether (sulfide) groups is 1. The molecule has 4 aliphatic rings. The number of benzene rings is 3. The summed E-state index contributed by atoms with van der Waals surface area (Å²) in [5, 5.41) is 4.27. The van der Waals surface area contributed by atoms with Crippen molar-refractivity contribution in [1.82, 2.24) is 4.98 Å². The minimum Gasteiger partial charge on any atom is -0.493 e. The van der Waals surface area contributed by atoms with Crippen LogP contribution in [-0.4, -0.2) is 41.7 Å². The fraction of sp³-hybridized carbons (Fsp3) is 0.314. The van der Waals surface area contributed by atoms with Crippen LogP contribution in [0.15, 0.2) is 76.6 Å². The second-order valence-electron chi connectivity index (χ2n) is 12.6. The predicted octanol–water partition coefficient (Wildman–Crippen LogP) is 6.10. The van der Waals surface area contributed by atoms with E-state index < -0.39 is 5.92 Å². The molecular formula is C35H30ClN3O6S2. The van der Waals surface area contributed by atoms with Gasteiger partial charge in [-0.15, -0.1) is 11.8 Å². The highest BCUT2D eigenvalue weighted by Gasteiger charge is 2.69. The van der Waals surface area contributed by atoms with Gasteiger partial charge in [-0.1, -0.05) is 41.1 Å². The van der Waals surface area contributed by atoms with Crippen LogP contribution in [0.1, 0.15) is 28.3 Å². The molecule has 3 heterocycles. The second kappa shape index (κ2) is 11.6. The molecule has 0 spiro atoms. The number of ether oxygens (including phenoxy) is 2. The molecule has 2 aliphatic carbocycles. The third kappa shape index (κ3) is 4.98. The highest BCUT2D eigenvalue weighted by atomic mass is 35.5. The van der Waals surface area contributed by atoms with E-state index in [9.17, 15) is 19.2 Å². The molecule has 9 nitrogen and oxygen atoms in total. The maximum Gasteiger partial charge on any atom is 0.305 e. The van der Waals surface area contributed by atoms with E-state index >= 15 is 0 Å². The lowest BCUT2D eigenvalue weighted by atomic mass is 9.68. The highest BCUT2D eigenvalue weighted by molar-refractivity contribution is 8.00. The van der Waals surface area contributed by atoms with Gasteiger partial charge in [-0.2, -0.15) is 0 Å². The molecule has 12 heteroatoms.